The van der Waals surface area contributed by atoms with Crippen molar-refractivity contribution in [3.05, 3.63) is 47.5 Å². The van der Waals surface area contributed by atoms with Crippen molar-refractivity contribution in [1.29, 1.82) is 0 Å². The van der Waals surface area contributed by atoms with Crippen molar-refractivity contribution in [2.75, 3.05) is 6.61 Å². The quantitative estimate of drug-likeness (QED) is 0.783. The number of rotatable bonds is 2. The third kappa shape index (κ3) is 2.35. The fourth-order valence-electron chi connectivity index (χ4n) is 3.23. The molecule has 0 N–H and O–H groups in total. The number of carbonyl (C=O) groups excluding carboxylic acids is 1. The summed E-state index contributed by atoms with van der Waals surface area (Å²) in [4.78, 5) is 12.1. The molecule has 4 nitrogen and oxygen atoms in total. The zero-order valence-electron chi connectivity index (χ0n) is 13.0. The molecule has 0 saturated carbocycles. The van der Waals surface area contributed by atoms with Crippen LogP contribution in [0.25, 0.3) is 0 Å². The monoisotopic (exact) mass is 321 g/mol. The minimum absolute atomic E-state index is 0.183. The summed E-state index contributed by atoms with van der Waals surface area (Å²) in [5, 5.41) is 0. The minimum atomic E-state index is -0.734. The van der Waals surface area contributed by atoms with E-state index in [4.69, 9.17) is 21.3 Å². The van der Waals surface area contributed by atoms with Crippen LogP contribution in [-0.2, 0) is 14.3 Å². The summed E-state index contributed by atoms with van der Waals surface area (Å²) in [6.07, 6.45) is 1.22. The van der Waals surface area contributed by atoms with Crippen molar-refractivity contribution in [3.63, 3.8) is 0 Å². The molecule has 0 aliphatic carbocycles. The van der Waals surface area contributed by atoms with Gasteiger partial charge in [-0.05, 0) is 18.9 Å². The molecule has 118 valence electrons. The molecule has 0 unspecified atom stereocenters. The average molecular weight is 322 g/mol. The molecule has 2 aliphatic heterocycles. The number of ether oxygens (including phenoxy) is 2. The van der Waals surface area contributed by atoms with E-state index in [0.29, 0.717) is 12.2 Å². The molecule has 1 aromatic rings. The first-order chi connectivity index (χ1) is 10.5. The van der Waals surface area contributed by atoms with Crippen molar-refractivity contribution in [1.82, 2.24) is 4.42 Å². The Morgan fingerprint density at radius 2 is 2.00 bits per heavy atom. The van der Waals surface area contributed by atoms with Gasteiger partial charge >= 0.3 is 0 Å². The van der Waals surface area contributed by atoms with Gasteiger partial charge in [0.05, 0.1) is 12.7 Å². The van der Waals surface area contributed by atoms with Crippen LogP contribution in [0.1, 0.15) is 32.6 Å². The first kappa shape index (κ1) is 15.5. The van der Waals surface area contributed by atoms with E-state index in [9.17, 15) is 4.79 Å². The van der Waals surface area contributed by atoms with Crippen molar-refractivity contribution < 1.29 is 14.3 Å². The van der Waals surface area contributed by atoms with E-state index in [2.05, 4.69) is 13.8 Å². The number of benzene rings is 1. The van der Waals surface area contributed by atoms with Crippen LogP contribution >= 0.6 is 11.8 Å². The summed E-state index contributed by atoms with van der Waals surface area (Å²) in [6.45, 7) is 6.22. The molecular weight excluding hydrogens is 302 g/mol. The number of hydrogen-bond acceptors (Lipinski definition) is 3. The lowest BCUT2D eigenvalue weighted by atomic mass is 9.85. The van der Waals surface area contributed by atoms with Crippen LogP contribution in [0.5, 0.6) is 0 Å². The predicted molar refractivity (Wildman–Crippen MR) is 84.0 cm³/mol. The van der Waals surface area contributed by atoms with Gasteiger partial charge in [0.25, 0.3) is 5.91 Å². The number of nitrogens with zero attached hydrogens (tertiary/aromatic N) is 1. The molecule has 0 radical (unpaired) electrons. The SMILES string of the molecule is CC1=C[C@]2(CO[C@@H](c3ccccc3)O[C@H]2C(C)C)N(Cl)C1=O. The van der Waals surface area contributed by atoms with E-state index in [-0.39, 0.29) is 17.9 Å². The number of carbonyl (C=O) groups is 1. The molecule has 1 spiro atoms. The molecule has 22 heavy (non-hydrogen) atoms. The van der Waals surface area contributed by atoms with E-state index < -0.39 is 11.8 Å². The molecule has 1 fully saturated rings. The molecule has 1 saturated heterocycles. The molecule has 0 bridgehead atoms. The van der Waals surface area contributed by atoms with Gasteiger partial charge < -0.3 is 9.47 Å². The third-order valence-electron chi connectivity index (χ3n) is 4.25. The Kier molecular flexibility index (Phi) is 4.02. The number of halogens is 1. The summed E-state index contributed by atoms with van der Waals surface area (Å²) in [7, 11) is 0. The lowest BCUT2D eigenvalue weighted by molar-refractivity contribution is -0.262. The zero-order chi connectivity index (χ0) is 15.9. The van der Waals surface area contributed by atoms with Gasteiger partial charge in [0.1, 0.15) is 5.54 Å². The van der Waals surface area contributed by atoms with Gasteiger partial charge in [-0.1, -0.05) is 44.2 Å². The van der Waals surface area contributed by atoms with Crippen LogP contribution < -0.4 is 0 Å². The topological polar surface area (TPSA) is 38.8 Å². The Hall–Kier alpha value is -1.36. The van der Waals surface area contributed by atoms with Crippen molar-refractivity contribution in [3.8, 4) is 0 Å². The van der Waals surface area contributed by atoms with Crippen LogP contribution in [-0.4, -0.2) is 28.6 Å². The average Bonchev–Trinajstić information content (AvgIpc) is 2.73. The third-order valence-corrected chi connectivity index (χ3v) is 4.72. The zero-order valence-corrected chi connectivity index (χ0v) is 13.7. The predicted octanol–water partition coefficient (Wildman–Crippen LogP) is 3.44. The Balaban J connectivity index is 1.92. The Bertz CT molecular complexity index is 601. The van der Waals surface area contributed by atoms with Gasteiger partial charge in [0, 0.05) is 22.9 Å². The Morgan fingerprint density at radius 1 is 1.32 bits per heavy atom. The van der Waals surface area contributed by atoms with Crippen LogP contribution in [0.15, 0.2) is 42.0 Å². The van der Waals surface area contributed by atoms with Crippen LogP contribution in [0, 0.1) is 5.92 Å². The molecule has 0 aromatic heterocycles. The van der Waals surface area contributed by atoms with Gasteiger partial charge in [0.2, 0.25) is 0 Å². The van der Waals surface area contributed by atoms with Gasteiger partial charge in [-0.15, -0.1) is 0 Å². The Morgan fingerprint density at radius 3 is 2.55 bits per heavy atom. The van der Waals surface area contributed by atoms with Gasteiger partial charge in [-0.2, -0.15) is 0 Å². The maximum Gasteiger partial charge on any atom is 0.264 e. The highest BCUT2D eigenvalue weighted by Gasteiger charge is 2.54. The highest BCUT2D eigenvalue weighted by Crippen LogP contribution is 2.43. The molecule has 1 aromatic carbocycles. The first-order valence-electron chi connectivity index (χ1n) is 7.47. The summed E-state index contributed by atoms with van der Waals surface area (Å²) in [5.41, 5.74) is 0.863. The second kappa shape index (κ2) is 5.69. The highest BCUT2D eigenvalue weighted by atomic mass is 35.5. The van der Waals surface area contributed by atoms with E-state index in [1.807, 2.05) is 36.4 Å². The maximum atomic E-state index is 12.1. The van der Waals surface area contributed by atoms with Gasteiger partial charge in [-0.25, -0.2) is 4.42 Å². The largest absolute Gasteiger partial charge is 0.345 e. The molecule has 2 heterocycles. The molecule has 2 aliphatic rings. The Labute approximate surface area is 135 Å². The van der Waals surface area contributed by atoms with E-state index >= 15 is 0 Å². The van der Waals surface area contributed by atoms with Crippen molar-refractivity contribution in [2.24, 2.45) is 5.92 Å². The lowest BCUT2D eigenvalue weighted by Gasteiger charge is -2.47. The summed E-state index contributed by atoms with van der Waals surface area (Å²) < 4.78 is 13.3. The van der Waals surface area contributed by atoms with E-state index in [0.717, 1.165) is 5.56 Å². The van der Waals surface area contributed by atoms with Gasteiger partial charge in [0.15, 0.2) is 6.29 Å². The highest BCUT2D eigenvalue weighted by molar-refractivity contribution is 6.26. The van der Waals surface area contributed by atoms with E-state index in [1.165, 1.54) is 4.42 Å². The normalized spacial score (nSPS) is 32.0. The summed E-state index contributed by atoms with van der Waals surface area (Å²) in [6, 6.07) is 9.80. The van der Waals surface area contributed by atoms with E-state index in [1.54, 1.807) is 6.92 Å². The molecule has 3 atom stereocenters. The fourth-order valence-corrected chi connectivity index (χ4v) is 3.56. The molecule has 1 amide bonds. The lowest BCUT2D eigenvalue weighted by Crippen LogP contribution is -2.59. The smallest absolute Gasteiger partial charge is 0.264 e. The second-order valence-corrected chi connectivity index (χ2v) is 6.60. The van der Waals surface area contributed by atoms with Crippen molar-refractivity contribution in [2.45, 2.75) is 38.7 Å². The van der Waals surface area contributed by atoms with Crippen LogP contribution in [0.4, 0.5) is 0 Å². The van der Waals surface area contributed by atoms with Crippen LogP contribution in [0.2, 0.25) is 0 Å². The first-order valence-corrected chi connectivity index (χ1v) is 7.81. The second-order valence-electron chi connectivity index (χ2n) is 6.26. The standard InChI is InChI=1S/C17H20ClNO3/c1-11(2)14-17(9-12(3)15(20)19(17)18)10-21-16(22-14)13-7-5-4-6-8-13/h4-9,11,14,16H,10H2,1-3H3/t14-,16+,17+/m0/s1. The van der Waals surface area contributed by atoms with Gasteiger partial charge in [-0.3, -0.25) is 4.79 Å². The summed E-state index contributed by atoms with van der Waals surface area (Å²) in [5.74, 6) is 0.00369. The van der Waals surface area contributed by atoms with Crippen molar-refractivity contribution >= 4 is 17.7 Å². The molecular formula is C17H20ClNO3. The number of amides is 1. The van der Waals surface area contributed by atoms with Crippen LogP contribution in [0.3, 0.4) is 0 Å². The minimum Gasteiger partial charge on any atom is -0.345 e. The molecule has 3 rings (SSSR count). The fraction of sp³-hybridized carbons (Fsp3) is 0.471. The number of hydrogen-bond donors (Lipinski definition) is 0. The maximum absolute atomic E-state index is 12.1. The molecule has 5 heteroatoms. The summed E-state index contributed by atoms with van der Waals surface area (Å²) >= 11 is 6.30.